The van der Waals surface area contributed by atoms with Crippen molar-refractivity contribution in [2.24, 2.45) is 0 Å². The summed E-state index contributed by atoms with van der Waals surface area (Å²) in [5, 5.41) is 14.3. The van der Waals surface area contributed by atoms with Crippen LogP contribution in [0.2, 0.25) is 0 Å². The van der Waals surface area contributed by atoms with Crippen molar-refractivity contribution >= 4 is 44.8 Å². The molecule has 0 aromatic heterocycles. The Morgan fingerprint density at radius 3 is 2.78 bits per heavy atom. The summed E-state index contributed by atoms with van der Waals surface area (Å²) < 4.78 is 4.99. The summed E-state index contributed by atoms with van der Waals surface area (Å²) in [6.45, 7) is 3.06. The second kappa shape index (κ2) is 10.6. The van der Waals surface area contributed by atoms with Crippen LogP contribution in [0.15, 0.2) is 12.1 Å². The number of aryl methyl sites for hydroxylation is 1. The van der Waals surface area contributed by atoms with E-state index in [0.29, 0.717) is 10.8 Å². The molecule has 0 bridgehead atoms. The molecule has 1 heterocycles. The summed E-state index contributed by atoms with van der Waals surface area (Å²) in [6, 6.07) is 2.98. The lowest BCUT2D eigenvalue weighted by Gasteiger charge is -2.11. The van der Waals surface area contributed by atoms with E-state index in [1.807, 2.05) is 21.6 Å². The van der Waals surface area contributed by atoms with E-state index in [1.54, 1.807) is 19.9 Å². The maximum absolute atomic E-state index is 12.0. The molecule has 1 atom stereocenters. The minimum Gasteiger partial charge on any atom is -0.456 e. The van der Waals surface area contributed by atoms with Gasteiger partial charge in [-0.15, -0.1) is 0 Å². The van der Waals surface area contributed by atoms with Crippen LogP contribution < -0.4 is 5.32 Å². The van der Waals surface area contributed by atoms with Crippen LogP contribution in [0.5, 0.6) is 0 Å². The van der Waals surface area contributed by atoms with Crippen molar-refractivity contribution in [3.05, 3.63) is 33.4 Å². The summed E-state index contributed by atoms with van der Waals surface area (Å²) in [6.07, 6.45) is 4.31. The number of nitro groups is 1. The zero-order valence-electron chi connectivity index (χ0n) is 15.5. The van der Waals surface area contributed by atoms with Crippen LogP contribution in [0.25, 0.3) is 0 Å². The van der Waals surface area contributed by atoms with Crippen LogP contribution in [-0.4, -0.2) is 34.4 Å². The molecular formula is C18H24N2O5S2. The standard InChI is InChI=1S/C18H24N2O5S2/c1-12-7-8-15(20(23)24)18(13(12)2)19-16(21)11-25-17(22)6-4-3-5-14-9-10-26-27-14/h7-8,14H,3-6,9-11H2,1-2H3,(H,19,21)/t14-/m0/s1. The molecule has 0 spiro atoms. The minimum atomic E-state index is -0.584. The topological polar surface area (TPSA) is 98.5 Å². The highest BCUT2D eigenvalue weighted by atomic mass is 33.1. The van der Waals surface area contributed by atoms with E-state index >= 15 is 0 Å². The summed E-state index contributed by atoms with van der Waals surface area (Å²) >= 11 is 0. The highest BCUT2D eigenvalue weighted by Crippen LogP contribution is 2.39. The van der Waals surface area contributed by atoms with Crippen molar-refractivity contribution in [2.75, 3.05) is 17.7 Å². The van der Waals surface area contributed by atoms with Gasteiger partial charge in [-0.2, -0.15) is 0 Å². The molecule has 148 valence electrons. The van der Waals surface area contributed by atoms with Gasteiger partial charge in [0, 0.05) is 23.5 Å². The first-order chi connectivity index (χ1) is 12.9. The fourth-order valence-electron chi connectivity index (χ4n) is 2.71. The van der Waals surface area contributed by atoms with Gasteiger partial charge in [-0.1, -0.05) is 34.1 Å². The number of nitrogens with zero attached hydrogens (tertiary/aromatic N) is 1. The van der Waals surface area contributed by atoms with Crippen LogP contribution >= 0.6 is 21.6 Å². The fraction of sp³-hybridized carbons (Fsp3) is 0.556. The molecule has 1 saturated heterocycles. The molecule has 0 aliphatic carbocycles. The third-order valence-corrected chi connectivity index (χ3v) is 7.43. The fourth-order valence-corrected chi connectivity index (χ4v) is 5.74. The highest BCUT2D eigenvalue weighted by Gasteiger charge is 2.20. The van der Waals surface area contributed by atoms with Gasteiger partial charge in [0.2, 0.25) is 0 Å². The first kappa shape index (κ1) is 21.6. The number of nitrogens with one attached hydrogen (secondary N) is 1. The van der Waals surface area contributed by atoms with Crippen molar-refractivity contribution in [3.63, 3.8) is 0 Å². The molecule has 1 N–H and O–H groups in total. The monoisotopic (exact) mass is 412 g/mol. The van der Waals surface area contributed by atoms with Gasteiger partial charge in [0.1, 0.15) is 5.69 Å². The largest absolute Gasteiger partial charge is 0.456 e. The van der Waals surface area contributed by atoms with Crippen molar-refractivity contribution in [1.82, 2.24) is 0 Å². The van der Waals surface area contributed by atoms with Crippen molar-refractivity contribution in [3.8, 4) is 0 Å². The lowest BCUT2D eigenvalue weighted by Crippen LogP contribution is -2.22. The number of carbonyl (C=O) groups excluding carboxylic acids is 2. The molecule has 9 heteroatoms. The molecule has 2 rings (SSSR count). The van der Waals surface area contributed by atoms with E-state index in [0.717, 1.165) is 24.8 Å². The lowest BCUT2D eigenvalue weighted by atomic mass is 10.1. The lowest BCUT2D eigenvalue weighted by molar-refractivity contribution is -0.384. The van der Waals surface area contributed by atoms with Gasteiger partial charge in [-0.25, -0.2) is 0 Å². The minimum absolute atomic E-state index is 0.146. The van der Waals surface area contributed by atoms with Gasteiger partial charge in [0.15, 0.2) is 6.61 Å². The predicted molar refractivity (Wildman–Crippen MR) is 109 cm³/mol. The van der Waals surface area contributed by atoms with E-state index < -0.39 is 23.4 Å². The quantitative estimate of drug-likeness (QED) is 0.211. The van der Waals surface area contributed by atoms with Crippen molar-refractivity contribution < 1.29 is 19.2 Å². The Morgan fingerprint density at radius 1 is 1.33 bits per heavy atom. The molecule has 1 aromatic rings. The predicted octanol–water partition coefficient (Wildman–Crippen LogP) is 4.41. The summed E-state index contributed by atoms with van der Waals surface area (Å²) in [7, 11) is 3.82. The van der Waals surface area contributed by atoms with Gasteiger partial charge in [-0.3, -0.25) is 19.7 Å². The third-order valence-electron chi connectivity index (χ3n) is 4.42. The van der Waals surface area contributed by atoms with Crippen LogP contribution in [-0.2, 0) is 14.3 Å². The number of unbranched alkanes of at least 4 members (excludes halogenated alkanes) is 1. The maximum atomic E-state index is 12.0. The Morgan fingerprint density at radius 2 is 2.11 bits per heavy atom. The first-order valence-corrected chi connectivity index (χ1v) is 11.2. The molecule has 1 fully saturated rings. The van der Waals surface area contributed by atoms with Crippen LogP contribution in [0.3, 0.4) is 0 Å². The van der Waals surface area contributed by atoms with E-state index in [4.69, 9.17) is 4.74 Å². The zero-order chi connectivity index (χ0) is 19.8. The second-order valence-corrected chi connectivity index (χ2v) is 9.23. The Labute approximate surface area is 166 Å². The zero-order valence-corrected chi connectivity index (χ0v) is 17.1. The Hall–Kier alpha value is -1.74. The number of rotatable bonds is 9. The van der Waals surface area contributed by atoms with Crippen LogP contribution in [0.1, 0.15) is 43.2 Å². The van der Waals surface area contributed by atoms with Crippen molar-refractivity contribution in [2.45, 2.75) is 51.2 Å². The number of carbonyl (C=O) groups is 2. The normalized spacial score (nSPS) is 16.1. The van der Waals surface area contributed by atoms with E-state index in [9.17, 15) is 19.7 Å². The van der Waals surface area contributed by atoms with Gasteiger partial charge in [0.25, 0.3) is 11.6 Å². The van der Waals surface area contributed by atoms with Gasteiger partial charge < -0.3 is 10.1 Å². The summed E-state index contributed by atoms with van der Waals surface area (Å²) in [4.78, 5) is 34.4. The Bertz CT molecular complexity index is 705. The smallest absolute Gasteiger partial charge is 0.306 e. The Kier molecular flexibility index (Phi) is 8.43. The highest BCUT2D eigenvalue weighted by molar-refractivity contribution is 8.77. The van der Waals surface area contributed by atoms with Gasteiger partial charge >= 0.3 is 5.97 Å². The number of nitro benzene ring substituents is 1. The van der Waals surface area contributed by atoms with E-state index in [1.165, 1.54) is 18.2 Å². The summed E-state index contributed by atoms with van der Waals surface area (Å²) in [5.41, 5.74) is 1.41. The second-order valence-electron chi connectivity index (χ2n) is 6.44. The molecule has 1 aromatic carbocycles. The number of benzene rings is 1. The van der Waals surface area contributed by atoms with E-state index in [2.05, 4.69) is 5.32 Å². The summed E-state index contributed by atoms with van der Waals surface area (Å²) in [5.74, 6) is 0.194. The molecule has 7 nitrogen and oxygen atoms in total. The average Bonchev–Trinajstić information content (AvgIpc) is 3.14. The SMILES string of the molecule is Cc1ccc([N+](=O)[O-])c(NC(=O)COC(=O)CCCC[C@H]2CCSS2)c1C. The first-order valence-electron chi connectivity index (χ1n) is 8.87. The molecule has 1 amide bonds. The Balaban J connectivity index is 1.75. The molecule has 27 heavy (non-hydrogen) atoms. The average molecular weight is 413 g/mol. The number of ether oxygens (including phenoxy) is 1. The number of esters is 1. The molecule has 0 radical (unpaired) electrons. The van der Waals surface area contributed by atoms with Crippen LogP contribution in [0.4, 0.5) is 11.4 Å². The maximum Gasteiger partial charge on any atom is 0.306 e. The molecule has 1 aliphatic heterocycles. The molecule has 0 saturated carbocycles. The number of amides is 1. The van der Waals surface area contributed by atoms with E-state index in [-0.39, 0.29) is 17.8 Å². The third kappa shape index (κ3) is 6.73. The number of hydrogen-bond donors (Lipinski definition) is 1. The number of anilines is 1. The molecule has 0 unspecified atom stereocenters. The van der Waals surface area contributed by atoms with Gasteiger partial charge in [-0.05, 0) is 44.2 Å². The van der Waals surface area contributed by atoms with Crippen molar-refractivity contribution in [1.29, 1.82) is 0 Å². The molecular weight excluding hydrogens is 388 g/mol. The van der Waals surface area contributed by atoms with Gasteiger partial charge in [0.05, 0.1) is 4.92 Å². The molecule has 1 aliphatic rings. The number of hydrogen-bond acceptors (Lipinski definition) is 7. The van der Waals surface area contributed by atoms with Crippen LogP contribution in [0, 0.1) is 24.0 Å².